The molecule has 0 saturated heterocycles. The molecule has 4 rings (SSSR count). The zero-order valence-electron chi connectivity index (χ0n) is 17.5. The molecule has 0 bridgehead atoms. The Morgan fingerprint density at radius 3 is 2.19 bits per heavy atom. The van der Waals surface area contributed by atoms with Crippen LogP contribution in [0.3, 0.4) is 0 Å². The molecule has 0 unspecified atom stereocenters. The molecule has 6 heteroatoms. The quantitative estimate of drug-likeness (QED) is 0.325. The molecule has 1 heterocycles. The number of rotatable bonds is 7. The third-order valence-corrected chi connectivity index (χ3v) is 5.76. The fraction of sp³-hybridized carbons (Fsp3) is 0.120. The summed E-state index contributed by atoms with van der Waals surface area (Å²) < 4.78 is 16.0. The minimum Gasteiger partial charge on any atom is -0.497 e. The fourth-order valence-electron chi connectivity index (χ4n) is 3.16. The smallest absolute Gasteiger partial charge is 0.210 e. The highest BCUT2D eigenvalue weighted by Crippen LogP contribution is 2.40. The van der Waals surface area contributed by atoms with Crippen LogP contribution in [-0.2, 0) is 0 Å². The first-order valence-electron chi connectivity index (χ1n) is 9.68. The average molecular weight is 431 g/mol. The lowest BCUT2D eigenvalue weighted by molar-refractivity contribution is 0.355. The van der Waals surface area contributed by atoms with E-state index >= 15 is 0 Å². The Morgan fingerprint density at radius 2 is 1.52 bits per heavy atom. The monoisotopic (exact) mass is 430 g/mol. The predicted octanol–water partition coefficient (Wildman–Crippen LogP) is 6.25. The highest BCUT2D eigenvalue weighted by atomic mass is 32.1. The van der Waals surface area contributed by atoms with Gasteiger partial charge >= 0.3 is 0 Å². The van der Waals surface area contributed by atoms with Gasteiger partial charge in [-0.2, -0.15) is 0 Å². The van der Waals surface area contributed by atoms with Gasteiger partial charge in [-0.05, 0) is 53.6 Å². The summed E-state index contributed by atoms with van der Waals surface area (Å²) in [7, 11) is 4.90. The van der Waals surface area contributed by atoms with Gasteiger partial charge in [-0.25, -0.2) is 9.98 Å². The van der Waals surface area contributed by atoms with Gasteiger partial charge in [0.15, 0.2) is 11.5 Å². The van der Waals surface area contributed by atoms with E-state index in [0.717, 1.165) is 33.0 Å². The molecule has 0 radical (unpaired) electrons. The molecule has 0 N–H and O–H groups in total. The Balaban J connectivity index is 1.72. The Morgan fingerprint density at radius 1 is 0.774 bits per heavy atom. The molecule has 0 spiro atoms. The van der Waals surface area contributed by atoms with E-state index in [9.17, 15) is 0 Å². The average Bonchev–Trinajstić information content (AvgIpc) is 3.27. The second kappa shape index (κ2) is 9.45. The molecular formula is C25H22N2O3S. The molecule has 0 atom stereocenters. The Labute approximate surface area is 185 Å². The van der Waals surface area contributed by atoms with E-state index in [1.54, 1.807) is 38.9 Å². The molecule has 31 heavy (non-hydrogen) atoms. The van der Waals surface area contributed by atoms with Gasteiger partial charge in [0.05, 0.1) is 31.9 Å². The van der Waals surface area contributed by atoms with E-state index in [2.05, 4.69) is 17.1 Å². The Hall–Kier alpha value is -3.64. The second-order valence-electron chi connectivity index (χ2n) is 6.64. The van der Waals surface area contributed by atoms with Crippen LogP contribution in [0.2, 0.25) is 0 Å². The van der Waals surface area contributed by atoms with E-state index in [1.165, 1.54) is 0 Å². The molecule has 0 aliphatic carbocycles. The van der Waals surface area contributed by atoms with Crippen molar-refractivity contribution in [2.24, 2.45) is 4.99 Å². The van der Waals surface area contributed by atoms with Crippen LogP contribution in [0.4, 0.5) is 5.13 Å². The molecule has 0 aliphatic heterocycles. The third kappa shape index (κ3) is 4.59. The molecular weight excluding hydrogens is 408 g/mol. The number of aromatic nitrogens is 1. The zero-order chi connectivity index (χ0) is 21.6. The number of benzene rings is 3. The van der Waals surface area contributed by atoms with Gasteiger partial charge in [-0.1, -0.05) is 41.7 Å². The van der Waals surface area contributed by atoms with E-state index in [-0.39, 0.29) is 0 Å². The van der Waals surface area contributed by atoms with Crippen LogP contribution in [0, 0.1) is 0 Å². The maximum absolute atomic E-state index is 5.38. The summed E-state index contributed by atoms with van der Waals surface area (Å²) in [5.41, 5.74) is 3.93. The van der Waals surface area contributed by atoms with Crippen LogP contribution < -0.4 is 14.2 Å². The van der Waals surface area contributed by atoms with E-state index < -0.39 is 0 Å². The normalized spacial score (nSPS) is 10.9. The summed E-state index contributed by atoms with van der Waals surface area (Å²) >= 11 is 1.56. The number of hydrogen-bond acceptors (Lipinski definition) is 6. The van der Waals surface area contributed by atoms with Crippen LogP contribution in [0.25, 0.3) is 21.7 Å². The number of ether oxygens (including phenoxy) is 3. The minimum absolute atomic E-state index is 0.662. The van der Waals surface area contributed by atoms with E-state index in [4.69, 9.17) is 19.2 Å². The van der Waals surface area contributed by atoms with Crippen molar-refractivity contribution in [2.45, 2.75) is 0 Å². The molecule has 156 valence electrons. The lowest BCUT2D eigenvalue weighted by Crippen LogP contribution is -1.91. The van der Waals surface area contributed by atoms with Crippen molar-refractivity contribution in [3.63, 3.8) is 0 Å². The summed E-state index contributed by atoms with van der Waals surface area (Å²) in [5.74, 6) is 2.16. The van der Waals surface area contributed by atoms with Gasteiger partial charge in [0.25, 0.3) is 0 Å². The van der Waals surface area contributed by atoms with Crippen LogP contribution in [0.5, 0.6) is 17.2 Å². The van der Waals surface area contributed by atoms with Crippen LogP contribution in [-0.4, -0.2) is 32.5 Å². The van der Waals surface area contributed by atoms with Crippen molar-refractivity contribution >= 4 is 22.7 Å². The molecule has 3 aromatic carbocycles. The lowest BCUT2D eigenvalue weighted by Gasteiger charge is -2.07. The van der Waals surface area contributed by atoms with Gasteiger partial charge in [0.2, 0.25) is 5.13 Å². The first-order chi connectivity index (χ1) is 15.2. The highest BCUT2D eigenvalue weighted by Gasteiger charge is 2.15. The second-order valence-corrected chi connectivity index (χ2v) is 7.62. The third-order valence-electron chi connectivity index (χ3n) is 4.75. The van der Waals surface area contributed by atoms with Gasteiger partial charge < -0.3 is 14.2 Å². The van der Waals surface area contributed by atoms with Crippen molar-refractivity contribution in [1.82, 2.24) is 4.98 Å². The summed E-state index contributed by atoms with van der Waals surface area (Å²) in [4.78, 5) is 10.5. The predicted molar refractivity (Wildman–Crippen MR) is 126 cm³/mol. The summed E-state index contributed by atoms with van der Waals surface area (Å²) in [5, 5.41) is 0.680. The van der Waals surface area contributed by atoms with Crippen LogP contribution >= 0.6 is 11.3 Å². The summed E-state index contributed by atoms with van der Waals surface area (Å²) in [6.45, 7) is 0. The molecule has 4 aromatic rings. The van der Waals surface area contributed by atoms with Crippen molar-refractivity contribution in [3.8, 4) is 38.9 Å². The Kier molecular flexibility index (Phi) is 6.29. The van der Waals surface area contributed by atoms with Crippen LogP contribution in [0.1, 0.15) is 5.56 Å². The number of hydrogen-bond donors (Lipinski definition) is 0. The molecule has 1 aromatic heterocycles. The summed E-state index contributed by atoms with van der Waals surface area (Å²) in [6.07, 6.45) is 1.79. The van der Waals surface area contributed by atoms with Crippen molar-refractivity contribution in [3.05, 3.63) is 78.4 Å². The molecule has 0 saturated carbocycles. The maximum Gasteiger partial charge on any atom is 0.210 e. The lowest BCUT2D eigenvalue weighted by atomic mass is 10.1. The molecule has 0 aliphatic rings. The van der Waals surface area contributed by atoms with E-state index in [1.807, 2.05) is 60.7 Å². The first kappa shape index (κ1) is 20.6. The van der Waals surface area contributed by atoms with Gasteiger partial charge in [-0.3, -0.25) is 0 Å². The van der Waals surface area contributed by atoms with Gasteiger partial charge in [0, 0.05) is 11.8 Å². The van der Waals surface area contributed by atoms with Crippen molar-refractivity contribution in [2.75, 3.05) is 21.3 Å². The molecule has 0 fully saturated rings. The maximum atomic E-state index is 5.38. The van der Waals surface area contributed by atoms with Gasteiger partial charge in [0.1, 0.15) is 5.75 Å². The topological polar surface area (TPSA) is 52.9 Å². The molecule has 0 amide bonds. The van der Waals surface area contributed by atoms with Gasteiger partial charge in [-0.15, -0.1) is 0 Å². The largest absolute Gasteiger partial charge is 0.497 e. The highest BCUT2D eigenvalue weighted by molar-refractivity contribution is 7.19. The van der Waals surface area contributed by atoms with Crippen molar-refractivity contribution in [1.29, 1.82) is 0 Å². The minimum atomic E-state index is 0.662. The first-order valence-corrected chi connectivity index (χ1v) is 10.5. The van der Waals surface area contributed by atoms with E-state index in [0.29, 0.717) is 16.6 Å². The van der Waals surface area contributed by atoms with Crippen molar-refractivity contribution < 1.29 is 14.2 Å². The number of methoxy groups -OCH3 is 3. The van der Waals surface area contributed by atoms with Crippen LogP contribution in [0.15, 0.2) is 77.8 Å². The summed E-state index contributed by atoms with van der Waals surface area (Å²) in [6, 6.07) is 23.8. The zero-order valence-corrected chi connectivity index (χ0v) is 18.3. The fourth-order valence-corrected chi connectivity index (χ4v) is 4.10. The number of nitrogens with zero attached hydrogens (tertiary/aromatic N) is 2. The SMILES string of the molecule is COc1ccc(-c2nc(N=Cc3ccc(OC)c(OC)c3)sc2-c2ccccc2)cc1. The standard InChI is InChI=1S/C25H22N2O3S/c1-28-20-12-10-18(11-13-20)23-24(19-7-5-4-6-8-19)31-25(27-23)26-16-17-9-14-21(29-2)22(15-17)30-3/h4-16H,1-3H3. The molecule has 5 nitrogen and oxygen atoms in total. The number of thiazole rings is 1. The Bertz CT molecular complexity index is 1190. The number of aliphatic imine (C=N–C) groups is 1.